The molecule has 0 saturated carbocycles. The Morgan fingerprint density at radius 2 is 2.15 bits per heavy atom. The average molecular weight is 361 g/mol. The van der Waals surface area contributed by atoms with Crippen LogP contribution >= 0.6 is 0 Å². The highest BCUT2D eigenvalue weighted by Gasteiger charge is 2.14. The van der Waals surface area contributed by atoms with E-state index in [0.29, 0.717) is 12.5 Å². The number of benzene rings is 1. The zero-order valence-corrected chi connectivity index (χ0v) is 15.0. The molecular formula is C19H19N7O. The molecule has 0 aliphatic carbocycles. The number of pyridine rings is 1. The molecule has 0 bridgehead atoms. The van der Waals surface area contributed by atoms with Gasteiger partial charge in [0.15, 0.2) is 0 Å². The van der Waals surface area contributed by atoms with Crippen molar-refractivity contribution >= 4 is 23.0 Å². The molecule has 0 aliphatic rings. The molecule has 4 rings (SSSR count). The van der Waals surface area contributed by atoms with Crippen LogP contribution in [0, 0.1) is 6.92 Å². The first-order valence-electron chi connectivity index (χ1n) is 8.64. The molecule has 3 aromatic heterocycles. The first kappa shape index (κ1) is 16.8. The lowest BCUT2D eigenvalue weighted by atomic mass is 10.1. The molecule has 27 heavy (non-hydrogen) atoms. The van der Waals surface area contributed by atoms with Gasteiger partial charge in [-0.3, -0.25) is 10.3 Å². The number of carbonyl (C=O) groups excluding carboxylic acids is 1. The number of carbonyl (C=O) groups is 1. The van der Waals surface area contributed by atoms with Crippen molar-refractivity contribution < 1.29 is 4.79 Å². The van der Waals surface area contributed by atoms with Crippen molar-refractivity contribution in [3.8, 4) is 16.8 Å². The Labute approximate surface area is 155 Å². The van der Waals surface area contributed by atoms with E-state index in [1.165, 1.54) is 0 Å². The van der Waals surface area contributed by atoms with E-state index in [1.54, 1.807) is 17.1 Å². The van der Waals surface area contributed by atoms with Crippen molar-refractivity contribution in [1.82, 2.24) is 30.0 Å². The van der Waals surface area contributed by atoms with Crippen LogP contribution in [-0.2, 0) is 0 Å². The number of fused-ring (bicyclic) bond motifs is 1. The van der Waals surface area contributed by atoms with E-state index in [0.717, 1.165) is 33.4 Å². The number of aromatic nitrogens is 5. The van der Waals surface area contributed by atoms with Gasteiger partial charge in [0.25, 0.3) is 0 Å². The molecule has 1 aromatic carbocycles. The second-order valence-corrected chi connectivity index (χ2v) is 6.17. The summed E-state index contributed by atoms with van der Waals surface area (Å²) in [5.74, 6) is 0.379. The molecule has 0 spiro atoms. The maximum atomic E-state index is 11.8. The third-order valence-corrected chi connectivity index (χ3v) is 4.09. The number of urea groups is 1. The number of imidazole rings is 1. The summed E-state index contributed by atoms with van der Waals surface area (Å²) in [6, 6.07) is 7.59. The number of nitrogens with zero attached hydrogens (tertiary/aromatic N) is 4. The van der Waals surface area contributed by atoms with Crippen molar-refractivity contribution in [2.24, 2.45) is 0 Å². The van der Waals surface area contributed by atoms with Gasteiger partial charge in [-0.1, -0.05) is 6.07 Å². The monoisotopic (exact) mass is 361 g/mol. The van der Waals surface area contributed by atoms with E-state index >= 15 is 0 Å². The van der Waals surface area contributed by atoms with E-state index in [-0.39, 0.29) is 6.03 Å². The van der Waals surface area contributed by atoms with Gasteiger partial charge in [-0.25, -0.2) is 14.5 Å². The second kappa shape index (κ2) is 6.91. The summed E-state index contributed by atoms with van der Waals surface area (Å²) >= 11 is 0. The molecule has 3 heterocycles. The maximum absolute atomic E-state index is 11.8. The predicted molar refractivity (Wildman–Crippen MR) is 104 cm³/mol. The van der Waals surface area contributed by atoms with Gasteiger partial charge in [-0.2, -0.15) is 5.10 Å². The van der Waals surface area contributed by atoms with Crippen molar-refractivity contribution in [1.29, 1.82) is 0 Å². The minimum Gasteiger partial charge on any atom is -0.338 e. The minimum absolute atomic E-state index is 0.305. The zero-order chi connectivity index (χ0) is 18.8. The lowest BCUT2D eigenvalue weighted by Gasteiger charge is -2.07. The standard InChI is InChI=1S/C19H19N7O/c1-3-21-19(27)25-18-23-15-7-14(13-5-4-6-20-10-13)8-16(17(15)24-18)26-11-12(2)9-22-26/h4-11H,3H2,1-2H3,(H3,21,23,24,25,27). The summed E-state index contributed by atoms with van der Waals surface area (Å²) in [4.78, 5) is 23.7. The number of aryl methyl sites for hydroxylation is 1. The Bertz CT molecular complexity index is 1100. The van der Waals surface area contributed by atoms with Crippen LogP contribution in [0.25, 0.3) is 27.8 Å². The fraction of sp³-hybridized carbons (Fsp3) is 0.158. The molecule has 136 valence electrons. The van der Waals surface area contributed by atoms with Gasteiger partial charge in [-0.05, 0) is 43.2 Å². The van der Waals surface area contributed by atoms with Crippen molar-refractivity contribution in [2.75, 3.05) is 11.9 Å². The van der Waals surface area contributed by atoms with E-state index in [1.807, 2.05) is 50.5 Å². The largest absolute Gasteiger partial charge is 0.338 e. The lowest BCUT2D eigenvalue weighted by Crippen LogP contribution is -2.28. The Morgan fingerprint density at radius 3 is 2.85 bits per heavy atom. The van der Waals surface area contributed by atoms with Crippen LogP contribution < -0.4 is 10.6 Å². The number of nitrogens with one attached hydrogen (secondary N) is 3. The molecule has 0 aliphatic heterocycles. The molecule has 8 nitrogen and oxygen atoms in total. The van der Waals surface area contributed by atoms with E-state index in [9.17, 15) is 4.79 Å². The molecule has 0 radical (unpaired) electrons. The van der Waals surface area contributed by atoms with Gasteiger partial charge in [0.2, 0.25) is 5.95 Å². The van der Waals surface area contributed by atoms with Crippen LogP contribution in [0.2, 0.25) is 0 Å². The number of hydrogen-bond donors (Lipinski definition) is 3. The van der Waals surface area contributed by atoms with Gasteiger partial charge >= 0.3 is 6.03 Å². The normalized spacial score (nSPS) is 10.9. The third-order valence-electron chi connectivity index (χ3n) is 4.09. The highest BCUT2D eigenvalue weighted by atomic mass is 16.2. The van der Waals surface area contributed by atoms with Crippen molar-refractivity contribution in [2.45, 2.75) is 13.8 Å². The van der Waals surface area contributed by atoms with Gasteiger partial charge in [0, 0.05) is 30.7 Å². The maximum Gasteiger partial charge on any atom is 0.321 e. The molecule has 0 atom stereocenters. The van der Waals surface area contributed by atoms with Gasteiger partial charge in [-0.15, -0.1) is 0 Å². The zero-order valence-electron chi connectivity index (χ0n) is 15.0. The minimum atomic E-state index is -0.305. The number of H-pyrrole nitrogens is 1. The third kappa shape index (κ3) is 3.37. The quantitative estimate of drug-likeness (QED) is 0.519. The molecule has 0 saturated heterocycles. The van der Waals surface area contributed by atoms with Gasteiger partial charge < -0.3 is 10.3 Å². The summed E-state index contributed by atoms with van der Waals surface area (Å²) < 4.78 is 1.79. The molecular weight excluding hydrogens is 342 g/mol. The highest BCUT2D eigenvalue weighted by molar-refractivity contribution is 5.94. The summed E-state index contributed by atoms with van der Waals surface area (Å²) in [5.41, 5.74) is 5.35. The molecule has 0 unspecified atom stereocenters. The fourth-order valence-electron chi connectivity index (χ4n) is 2.89. The number of rotatable bonds is 4. The Balaban J connectivity index is 1.86. The summed E-state index contributed by atoms with van der Waals surface area (Å²) in [7, 11) is 0. The van der Waals surface area contributed by atoms with Gasteiger partial charge in [0.05, 0.1) is 17.4 Å². The number of hydrogen-bond acceptors (Lipinski definition) is 4. The van der Waals surface area contributed by atoms with Gasteiger partial charge in [0.1, 0.15) is 5.52 Å². The molecule has 4 aromatic rings. The van der Waals surface area contributed by atoms with E-state index in [4.69, 9.17) is 0 Å². The number of amides is 2. The van der Waals surface area contributed by atoms with E-state index in [2.05, 4.69) is 30.7 Å². The summed E-state index contributed by atoms with van der Waals surface area (Å²) in [6.07, 6.45) is 7.28. The van der Waals surface area contributed by atoms with Crippen LogP contribution in [0.4, 0.5) is 10.7 Å². The smallest absolute Gasteiger partial charge is 0.321 e. The van der Waals surface area contributed by atoms with Crippen molar-refractivity contribution in [3.05, 3.63) is 54.6 Å². The molecule has 8 heteroatoms. The summed E-state index contributed by atoms with van der Waals surface area (Å²) in [6.45, 7) is 4.38. The van der Waals surface area contributed by atoms with Crippen LogP contribution in [0.15, 0.2) is 49.1 Å². The van der Waals surface area contributed by atoms with Crippen LogP contribution in [-0.4, -0.2) is 37.3 Å². The topological polar surface area (TPSA) is 101 Å². The molecule has 0 fully saturated rings. The average Bonchev–Trinajstić information content (AvgIpc) is 3.27. The summed E-state index contributed by atoms with van der Waals surface area (Å²) in [5, 5.41) is 9.82. The van der Waals surface area contributed by atoms with E-state index < -0.39 is 0 Å². The molecule has 3 N–H and O–H groups in total. The first-order chi connectivity index (χ1) is 13.1. The van der Waals surface area contributed by atoms with Crippen LogP contribution in [0.1, 0.15) is 12.5 Å². The first-order valence-corrected chi connectivity index (χ1v) is 8.64. The number of anilines is 1. The fourth-order valence-corrected chi connectivity index (χ4v) is 2.89. The Morgan fingerprint density at radius 1 is 1.26 bits per heavy atom. The SMILES string of the molecule is CCNC(=O)Nc1nc2c(-n3cc(C)cn3)cc(-c3cccnc3)cc2[nH]1. The lowest BCUT2D eigenvalue weighted by molar-refractivity contribution is 0.252. The van der Waals surface area contributed by atoms with Crippen LogP contribution in [0.5, 0.6) is 0 Å². The predicted octanol–water partition coefficient (Wildman–Crippen LogP) is 3.26. The second-order valence-electron chi connectivity index (χ2n) is 6.17. The highest BCUT2D eigenvalue weighted by Crippen LogP contribution is 2.29. The van der Waals surface area contributed by atoms with Crippen LogP contribution in [0.3, 0.4) is 0 Å². The number of aromatic amines is 1. The Hall–Kier alpha value is -3.68. The Kier molecular flexibility index (Phi) is 4.29. The van der Waals surface area contributed by atoms with Crippen molar-refractivity contribution in [3.63, 3.8) is 0 Å². The molecule has 2 amide bonds.